The zero-order valence-corrected chi connectivity index (χ0v) is 22.9. The van der Waals surface area contributed by atoms with Crippen LogP contribution in [0.1, 0.15) is 75.7 Å². The first-order valence-electron chi connectivity index (χ1n) is 12.4. The molecule has 1 amide bonds. The van der Waals surface area contributed by atoms with E-state index >= 15 is 0 Å². The average Bonchev–Trinajstić information content (AvgIpc) is 3.36. The number of aryl methyl sites for hydroxylation is 1. The van der Waals surface area contributed by atoms with Crippen LogP contribution in [0.25, 0.3) is 5.65 Å². The van der Waals surface area contributed by atoms with Crippen molar-refractivity contribution in [2.75, 3.05) is 0 Å². The van der Waals surface area contributed by atoms with Crippen molar-refractivity contribution in [3.05, 3.63) is 100 Å². The molecule has 2 aromatic carbocycles. The number of nitrogens with zero attached hydrogens (tertiary/aromatic N) is 3. The van der Waals surface area contributed by atoms with E-state index in [2.05, 4.69) is 15.4 Å². The molecule has 2 aromatic heterocycles. The Kier molecular flexibility index (Phi) is 9.43. The van der Waals surface area contributed by atoms with E-state index in [-0.39, 0.29) is 29.7 Å². The fraction of sp³-hybridized carbons (Fsp3) is 0.276. The Labute approximate surface area is 230 Å². The van der Waals surface area contributed by atoms with E-state index in [0.717, 1.165) is 23.3 Å². The van der Waals surface area contributed by atoms with Crippen molar-refractivity contribution in [2.24, 2.45) is 5.73 Å². The molecular formula is C29H31F2N5O4. The summed E-state index contributed by atoms with van der Waals surface area (Å²) in [5.74, 6) is -3.02. The molecule has 11 heteroatoms. The number of esters is 1. The second-order valence-corrected chi connectivity index (χ2v) is 9.97. The van der Waals surface area contributed by atoms with Gasteiger partial charge in [-0.15, -0.1) is 0 Å². The van der Waals surface area contributed by atoms with Crippen molar-refractivity contribution in [2.45, 2.75) is 53.3 Å². The molecule has 0 spiro atoms. The lowest BCUT2D eigenvalue weighted by molar-refractivity contribution is 0.00685. The van der Waals surface area contributed by atoms with Crippen molar-refractivity contribution in [3.8, 4) is 0 Å². The van der Waals surface area contributed by atoms with Gasteiger partial charge >= 0.3 is 5.97 Å². The number of Topliss-reactive ketones (excluding diaryl/α,β-unsaturated/α-hetero) is 1. The van der Waals surface area contributed by atoms with Crippen LogP contribution in [0.5, 0.6) is 0 Å². The minimum Gasteiger partial charge on any atom is -0.456 e. The first kappa shape index (κ1) is 30.0. The van der Waals surface area contributed by atoms with Crippen molar-refractivity contribution < 1.29 is 27.9 Å². The van der Waals surface area contributed by atoms with E-state index in [1.165, 1.54) is 29.8 Å². The number of nitrogens with one attached hydrogen (secondary N) is 1. The average molecular weight is 552 g/mol. The summed E-state index contributed by atoms with van der Waals surface area (Å²) in [6.07, 6.45) is 1.47. The summed E-state index contributed by atoms with van der Waals surface area (Å²) in [5, 5.41) is 6.53. The van der Waals surface area contributed by atoms with E-state index in [1.54, 1.807) is 12.1 Å². The molecule has 40 heavy (non-hydrogen) atoms. The number of rotatable bonds is 6. The van der Waals surface area contributed by atoms with Crippen molar-refractivity contribution in [1.29, 1.82) is 0 Å². The summed E-state index contributed by atoms with van der Waals surface area (Å²) in [4.78, 5) is 39.9. The fourth-order valence-electron chi connectivity index (χ4n) is 3.62. The van der Waals surface area contributed by atoms with E-state index in [0.29, 0.717) is 23.3 Å². The van der Waals surface area contributed by atoms with Crippen molar-refractivity contribution >= 4 is 23.3 Å². The maximum Gasteiger partial charge on any atom is 0.338 e. The third kappa shape index (κ3) is 7.76. The first-order valence-corrected chi connectivity index (χ1v) is 12.4. The molecule has 0 unspecified atom stereocenters. The second-order valence-electron chi connectivity index (χ2n) is 9.97. The number of carbonyl (C=O) groups is 3. The zero-order valence-electron chi connectivity index (χ0n) is 22.9. The van der Waals surface area contributed by atoms with Gasteiger partial charge in [0.25, 0.3) is 5.91 Å². The Morgan fingerprint density at radius 2 is 1.70 bits per heavy atom. The summed E-state index contributed by atoms with van der Waals surface area (Å²) < 4.78 is 32.7. The maximum absolute atomic E-state index is 13.2. The molecule has 4 aromatic rings. The highest BCUT2D eigenvalue weighted by Crippen LogP contribution is 2.16. The van der Waals surface area contributed by atoms with Crippen LogP contribution in [0.4, 0.5) is 8.78 Å². The van der Waals surface area contributed by atoms with Crippen LogP contribution < -0.4 is 11.1 Å². The maximum atomic E-state index is 13.2. The molecule has 0 aliphatic rings. The highest BCUT2D eigenvalue weighted by Gasteiger charge is 2.19. The largest absolute Gasteiger partial charge is 0.456 e. The van der Waals surface area contributed by atoms with Crippen LogP contribution in [0, 0.1) is 18.6 Å². The first-order chi connectivity index (χ1) is 18.8. The van der Waals surface area contributed by atoms with E-state index in [4.69, 9.17) is 10.5 Å². The summed E-state index contributed by atoms with van der Waals surface area (Å²) in [6.45, 7) is 9.29. The third-order valence-corrected chi connectivity index (χ3v) is 5.54. The number of halogens is 2. The highest BCUT2D eigenvalue weighted by atomic mass is 19.2. The lowest BCUT2D eigenvalue weighted by atomic mass is 10.0. The van der Waals surface area contributed by atoms with Gasteiger partial charge in [-0.3, -0.25) is 9.59 Å². The molecule has 0 saturated carbocycles. The van der Waals surface area contributed by atoms with Gasteiger partial charge in [-0.2, -0.15) is 5.10 Å². The number of aromatic nitrogens is 3. The molecule has 210 valence electrons. The Hall–Kier alpha value is -4.51. The molecule has 0 bridgehead atoms. The van der Waals surface area contributed by atoms with Crippen LogP contribution in [0.2, 0.25) is 0 Å². The number of nitrogens with two attached hydrogens (primary N) is 1. The quantitative estimate of drug-likeness (QED) is 0.266. The Morgan fingerprint density at radius 1 is 1.00 bits per heavy atom. The van der Waals surface area contributed by atoms with Crippen LogP contribution >= 0.6 is 0 Å². The molecule has 2 heterocycles. The van der Waals surface area contributed by atoms with Gasteiger partial charge in [0.2, 0.25) is 0 Å². The SMILES string of the molecule is CC(=O)c1cc(C(=O)NCc2ccc(F)c(F)c2)nc2ccnn12.Cc1cc(CN)ccc1C(=O)OC(C)(C)C. The molecule has 4 rings (SSSR count). The molecule has 0 aliphatic carbocycles. The summed E-state index contributed by atoms with van der Waals surface area (Å²) >= 11 is 0. The molecule has 0 fully saturated rings. The number of hydrogen-bond acceptors (Lipinski definition) is 7. The van der Waals surface area contributed by atoms with Gasteiger partial charge in [-0.25, -0.2) is 23.1 Å². The normalized spacial score (nSPS) is 11.0. The van der Waals surface area contributed by atoms with E-state index < -0.39 is 23.1 Å². The number of carbonyl (C=O) groups excluding carboxylic acids is 3. The molecule has 0 radical (unpaired) electrons. The van der Waals surface area contributed by atoms with Crippen LogP contribution in [-0.4, -0.2) is 37.9 Å². The highest BCUT2D eigenvalue weighted by molar-refractivity contribution is 5.98. The third-order valence-electron chi connectivity index (χ3n) is 5.54. The predicted octanol–water partition coefficient (Wildman–Crippen LogP) is 4.55. The molecule has 0 aliphatic heterocycles. The molecule has 9 nitrogen and oxygen atoms in total. The van der Waals surface area contributed by atoms with Crippen LogP contribution in [0.15, 0.2) is 54.7 Å². The van der Waals surface area contributed by atoms with Crippen LogP contribution in [0.3, 0.4) is 0 Å². The summed E-state index contributed by atoms with van der Waals surface area (Å²) in [6, 6.07) is 11.8. The lowest BCUT2D eigenvalue weighted by Crippen LogP contribution is -2.25. The van der Waals surface area contributed by atoms with Gasteiger partial charge in [0.05, 0.1) is 11.8 Å². The smallest absolute Gasteiger partial charge is 0.338 e. The van der Waals surface area contributed by atoms with Crippen molar-refractivity contribution in [1.82, 2.24) is 19.9 Å². The van der Waals surface area contributed by atoms with Crippen molar-refractivity contribution in [3.63, 3.8) is 0 Å². The summed E-state index contributed by atoms with van der Waals surface area (Å²) in [7, 11) is 0. The van der Waals surface area contributed by atoms with Gasteiger partial charge in [0.1, 0.15) is 17.0 Å². The minimum atomic E-state index is -0.987. The molecule has 0 saturated heterocycles. The van der Waals surface area contributed by atoms with Gasteiger partial charge in [-0.05, 0) is 68.7 Å². The van der Waals surface area contributed by atoms with Gasteiger partial charge in [0, 0.05) is 26.1 Å². The molecular weight excluding hydrogens is 520 g/mol. The monoisotopic (exact) mass is 551 g/mol. The molecule has 3 N–H and O–H groups in total. The number of hydrogen-bond donors (Lipinski definition) is 2. The van der Waals surface area contributed by atoms with E-state index in [1.807, 2.05) is 39.8 Å². The Bertz CT molecular complexity index is 1560. The summed E-state index contributed by atoms with van der Waals surface area (Å²) in [5.41, 5.74) is 8.62. The lowest BCUT2D eigenvalue weighted by Gasteiger charge is -2.20. The Morgan fingerprint density at radius 3 is 2.30 bits per heavy atom. The fourth-order valence-corrected chi connectivity index (χ4v) is 3.62. The van der Waals surface area contributed by atoms with Gasteiger partial charge in [0.15, 0.2) is 23.1 Å². The van der Waals surface area contributed by atoms with Crippen LogP contribution in [-0.2, 0) is 17.8 Å². The van der Waals surface area contributed by atoms with Gasteiger partial charge < -0.3 is 15.8 Å². The number of fused-ring (bicyclic) bond motifs is 1. The van der Waals surface area contributed by atoms with Gasteiger partial charge in [-0.1, -0.05) is 18.2 Å². The number of ketones is 1. The predicted molar refractivity (Wildman–Crippen MR) is 145 cm³/mol. The standard InChI is InChI=1S/C16H12F2N4O2.C13H19NO2/c1-9(23)14-7-13(21-15-4-5-20-22(14)15)16(24)19-8-10-2-3-11(17)12(18)6-10;1-9-7-10(8-14)5-6-11(9)12(15)16-13(2,3)4/h2-7H,8H2,1H3,(H,19,24);5-7H,8,14H2,1-4H3. The zero-order chi connectivity index (χ0) is 29.6. The number of benzene rings is 2. The molecule has 0 atom stereocenters. The minimum absolute atomic E-state index is 0.00242. The second kappa shape index (κ2) is 12.6. The topological polar surface area (TPSA) is 129 Å². The van der Waals surface area contributed by atoms with E-state index in [9.17, 15) is 23.2 Å². The number of amides is 1. The Balaban J connectivity index is 0.000000241. The number of ether oxygens (including phenoxy) is 1.